The Balaban J connectivity index is 1.76. The molecule has 1 fully saturated rings. The summed E-state index contributed by atoms with van der Waals surface area (Å²) in [6.07, 6.45) is -3.71. The number of pyridine rings is 1. The zero-order valence-electron chi connectivity index (χ0n) is 24.7. The molecule has 11 nitrogen and oxygen atoms in total. The number of halogens is 3. The fourth-order valence-electron chi connectivity index (χ4n) is 4.69. The summed E-state index contributed by atoms with van der Waals surface area (Å²) in [6.45, 7) is 9.38. The molecule has 232 valence electrons. The van der Waals surface area contributed by atoms with Crippen LogP contribution < -0.4 is 15.4 Å². The number of methoxy groups -OCH3 is 1. The molecular weight excluding hydrogens is 571 g/mol. The Morgan fingerprint density at radius 2 is 1.67 bits per heavy atom. The van der Waals surface area contributed by atoms with E-state index in [1.54, 1.807) is 39.5 Å². The standard InChI is InChI=1S/C29H34F3N5O6/c1-15(34-27(40)43-28(3,4)5)23-22(24(38)33-16(2)26(39)37-13-7-8-14-37)36-25(42-23)18-9-11-19(41-6)21-17(18)10-12-20(35-21)29(30,31)32/h9-12,15-16H,7-8,13-14H2,1-6H3,(H,33,38)(H,34,40)/t15-,16-/m0/s1. The predicted molar refractivity (Wildman–Crippen MR) is 149 cm³/mol. The molecule has 0 spiro atoms. The van der Waals surface area contributed by atoms with Crippen LogP contribution >= 0.6 is 0 Å². The molecule has 3 heterocycles. The Kier molecular flexibility index (Phi) is 8.88. The maximum atomic E-state index is 13.5. The SMILES string of the molecule is COc1ccc(-c2nc(C(=O)N[C@@H](C)C(=O)N3CCCC3)c([C@H](C)NC(=O)OC(C)(C)C)o2)c2ccc(C(F)(F)F)nc12. The number of hydrogen-bond acceptors (Lipinski definition) is 8. The molecule has 1 saturated heterocycles. The van der Waals surface area contributed by atoms with E-state index in [0.717, 1.165) is 18.9 Å². The largest absolute Gasteiger partial charge is 0.494 e. The first-order valence-corrected chi connectivity index (χ1v) is 13.7. The van der Waals surface area contributed by atoms with Crippen LogP contribution in [0.1, 0.15) is 75.4 Å². The van der Waals surface area contributed by atoms with Crippen LogP contribution in [0.25, 0.3) is 22.4 Å². The molecule has 0 aliphatic carbocycles. The summed E-state index contributed by atoms with van der Waals surface area (Å²) in [5.74, 6) is -1.07. The van der Waals surface area contributed by atoms with E-state index >= 15 is 0 Å². The second-order valence-electron chi connectivity index (χ2n) is 11.2. The first-order valence-electron chi connectivity index (χ1n) is 13.7. The van der Waals surface area contributed by atoms with E-state index in [-0.39, 0.29) is 45.5 Å². The third-order valence-electron chi connectivity index (χ3n) is 6.69. The number of benzene rings is 1. The van der Waals surface area contributed by atoms with Crippen molar-refractivity contribution in [2.24, 2.45) is 0 Å². The van der Waals surface area contributed by atoms with Gasteiger partial charge in [0.25, 0.3) is 5.91 Å². The Morgan fingerprint density at radius 1 is 1.00 bits per heavy atom. The van der Waals surface area contributed by atoms with Crippen molar-refractivity contribution in [3.05, 3.63) is 41.4 Å². The van der Waals surface area contributed by atoms with Crippen molar-refractivity contribution in [3.63, 3.8) is 0 Å². The minimum Gasteiger partial charge on any atom is -0.494 e. The molecule has 0 unspecified atom stereocenters. The number of rotatable bonds is 7. The van der Waals surface area contributed by atoms with Crippen LogP contribution in [-0.2, 0) is 15.7 Å². The van der Waals surface area contributed by atoms with Crippen molar-refractivity contribution >= 4 is 28.8 Å². The van der Waals surface area contributed by atoms with Gasteiger partial charge in [-0.3, -0.25) is 9.59 Å². The quantitative estimate of drug-likeness (QED) is 0.373. The van der Waals surface area contributed by atoms with E-state index in [2.05, 4.69) is 20.6 Å². The van der Waals surface area contributed by atoms with Crippen LogP contribution in [0, 0.1) is 0 Å². The number of alkyl halides is 3. The minimum atomic E-state index is -4.69. The van der Waals surface area contributed by atoms with E-state index in [1.807, 2.05) is 0 Å². The van der Waals surface area contributed by atoms with E-state index in [0.29, 0.717) is 13.1 Å². The lowest BCUT2D eigenvalue weighted by Crippen LogP contribution is -2.46. The van der Waals surface area contributed by atoms with Crippen LogP contribution in [0.3, 0.4) is 0 Å². The molecule has 14 heteroatoms. The Labute approximate surface area is 246 Å². The summed E-state index contributed by atoms with van der Waals surface area (Å²) < 4.78 is 56.8. The smallest absolute Gasteiger partial charge is 0.433 e. The first kappa shape index (κ1) is 31.6. The third-order valence-corrected chi connectivity index (χ3v) is 6.69. The Hall–Kier alpha value is -4.36. The minimum absolute atomic E-state index is 0.0528. The summed E-state index contributed by atoms with van der Waals surface area (Å²) in [4.78, 5) is 48.6. The summed E-state index contributed by atoms with van der Waals surface area (Å²) in [6, 6.07) is 3.15. The highest BCUT2D eigenvalue weighted by Gasteiger charge is 2.34. The number of alkyl carbamates (subject to hydrolysis) is 1. The molecule has 0 bridgehead atoms. The molecule has 3 aromatic rings. The van der Waals surface area contributed by atoms with Crippen LogP contribution in [0.15, 0.2) is 28.7 Å². The van der Waals surface area contributed by atoms with E-state index in [4.69, 9.17) is 13.9 Å². The molecule has 1 aliphatic rings. The normalized spacial score (nSPS) is 15.2. The summed E-state index contributed by atoms with van der Waals surface area (Å²) in [7, 11) is 1.30. The molecule has 2 N–H and O–H groups in total. The van der Waals surface area contributed by atoms with Gasteiger partial charge >= 0.3 is 12.3 Å². The second-order valence-corrected chi connectivity index (χ2v) is 11.2. The Bertz CT molecular complexity index is 1530. The fourth-order valence-corrected chi connectivity index (χ4v) is 4.69. The van der Waals surface area contributed by atoms with E-state index < -0.39 is 41.6 Å². The first-order chi connectivity index (χ1) is 20.1. The van der Waals surface area contributed by atoms with Gasteiger partial charge in [0.05, 0.1) is 13.2 Å². The summed E-state index contributed by atoms with van der Waals surface area (Å²) in [5, 5.41) is 5.48. The Morgan fingerprint density at radius 3 is 2.28 bits per heavy atom. The highest BCUT2D eigenvalue weighted by molar-refractivity contribution is 5.99. The maximum Gasteiger partial charge on any atom is 0.433 e. The van der Waals surface area contributed by atoms with Gasteiger partial charge in [-0.15, -0.1) is 0 Å². The molecule has 0 radical (unpaired) electrons. The van der Waals surface area contributed by atoms with Crippen molar-refractivity contribution in [2.45, 2.75) is 71.3 Å². The highest BCUT2D eigenvalue weighted by atomic mass is 19.4. The van der Waals surface area contributed by atoms with Crippen LogP contribution in [0.2, 0.25) is 0 Å². The monoisotopic (exact) mass is 605 g/mol. The van der Waals surface area contributed by atoms with Gasteiger partial charge in [0.15, 0.2) is 11.5 Å². The molecule has 1 aromatic carbocycles. The van der Waals surface area contributed by atoms with Crippen LogP contribution in [-0.4, -0.2) is 64.6 Å². The van der Waals surface area contributed by atoms with Crippen molar-refractivity contribution in [1.82, 2.24) is 25.5 Å². The third kappa shape index (κ3) is 7.17. The number of ether oxygens (including phenoxy) is 2. The number of likely N-dealkylation sites (tertiary alicyclic amines) is 1. The number of amides is 3. The number of oxazole rings is 1. The van der Waals surface area contributed by atoms with Gasteiger partial charge < -0.3 is 29.4 Å². The molecule has 2 atom stereocenters. The molecule has 1 aliphatic heterocycles. The van der Waals surface area contributed by atoms with E-state index in [9.17, 15) is 27.6 Å². The molecule has 4 rings (SSSR count). The fraction of sp³-hybridized carbons (Fsp3) is 0.483. The lowest BCUT2D eigenvalue weighted by Gasteiger charge is -2.22. The van der Waals surface area contributed by atoms with Crippen molar-refractivity contribution in [3.8, 4) is 17.2 Å². The molecule has 0 saturated carbocycles. The molecule has 2 aromatic heterocycles. The number of nitrogens with zero attached hydrogens (tertiary/aromatic N) is 3. The number of hydrogen-bond donors (Lipinski definition) is 2. The lowest BCUT2D eigenvalue weighted by molar-refractivity contribution is -0.141. The van der Waals surface area contributed by atoms with Gasteiger partial charge in [0.1, 0.15) is 28.6 Å². The van der Waals surface area contributed by atoms with Gasteiger partial charge in [-0.1, -0.05) is 0 Å². The summed E-state index contributed by atoms with van der Waals surface area (Å²) in [5.41, 5.74) is -2.00. The van der Waals surface area contributed by atoms with Gasteiger partial charge in [0.2, 0.25) is 11.8 Å². The van der Waals surface area contributed by atoms with Crippen LogP contribution in [0.5, 0.6) is 5.75 Å². The zero-order valence-corrected chi connectivity index (χ0v) is 24.7. The number of nitrogens with one attached hydrogen (secondary N) is 2. The maximum absolute atomic E-state index is 13.5. The van der Waals surface area contributed by atoms with E-state index in [1.165, 1.54) is 25.3 Å². The zero-order chi connectivity index (χ0) is 31.7. The van der Waals surface area contributed by atoms with Crippen molar-refractivity contribution in [2.75, 3.05) is 20.2 Å². The van der Waals surface area contributed by atoms with Crippen LogP contribution in [0.4, 0.5) is 18.0 Å². The summed E-state index contributed by atoms with van der Waals surface area (Å²) >= 11 is 0. The number of fused-ring (bicyclic) bond motifs is 1. The van der Waals surface area contributed by atoms with Gasteiger partial charge in [-0.2, -0.15) is 13.2 Å². The van der Waals surface area contributed by atoms with Gasteiger partial charge in [0, 0.05) is 24.0 Å². The molecule has 3 amide bonds. The number of aromatic nitrogens is 2. The number of carbonyl (C=O) groups is 3. The van der Waals surface area contributed by atoms with Crippen molar-refractivity contribution in [1.29, 1.82) is 0 Å². The second kappa shape index (κ2) is 12.1. The topological polar surface area (TPSA) is 136 Å². The number of carbonyl (C=O) groups excluding carboxylic acids is 3. The molecule has 43 heavy (non-hydrogen) atoms. The lowest BCUT2D eigenvalue weighted by atomic mass is 10.1. The van der Waals surface area contributed by atoms with Gasteiger partial charge in [-0.05, 0) is 71.7 Å². The molecular formula is C29H34F3N5O6. The van der Waals surface area contributed by atoms with Crippen molar-refractivity contribution < 1.29 is 41.4 Å². The van der Waals surface area contributed by atoms with Gasteiger partial charge in [-0.25, -0.2) is 14.8 Å². The highest BCUT2D eigenvalue weighted by Crippen LogP contribution is 2.37. The average molecular weight is 606 g/mol. The average Bonchev–Trinajstić information content (AvgIpc) is 3.61. The predicted octanol–water partition coefficient (Wildman–Crippen LogP) is 5.24.